The Kier molecular flexibility index (Phi) is 2.18. The molecular weight excluding hydrogens is 112 g/mol. The minimum absolute atomic E-state index is 0.463. The summed E-state index contributed by atoms with van der Waals surface area (Å²) in [6, 6.07) is 0. The van der Waals surface area contributed by atoms with Crippen molar-refractivity contribution in [2.75, 3.05) is 0 Å². The second-order valence-corrected chi connectivity index (χ2v) is 0.962. The topological polar surface area (TPSA) is 111 Å². The highest BCUT2D eigenvalue weighted by atomic mass is 16.3. The molecule has 0 aliphatic carbocycles. The van der Waals surface area contributed by atoms with Crippen LogP contribution in [0, 0.1) is 9.81 Å². The lowest BCUT2D eigenvalue weighted by Gasteiger charge is -1.84. The van der Waals surface area contributed by atoms with E-state index in [0.717, 1.165) is 0 Å². The smallest absolute Gasteiger partial charge is 0.278 e. The van der Waals surface area contributed by atoms with E-state index in [1.54, 1.807) is 0 Å². The molecule has 0 aromatic carbocycles. The van der Waals surface area contributed by atoms with Crippen LogP contribution >= 0.6 is 0 Å². The van der Waals surface area contributed by atoms with Crippen molar-refractivity contribution < 1.29 is 0 Å². The van der Waals surface area contributed by atoms with Crippen LogP contribution in [0.4, 0.5) is 0 Å². The Bertz CT molecular complexity index is 125. The van der Waals surface area contributed by atoms with Crippen LogP contribution in [0.15, 0.2) is 22.0 Å². The summed E-state index contributed by atoms with van der Waals surface area (Å²) in [5.41, 5.74) is 9.46. The van der Waals surface area contributed by atoms with Crippen LogP contribution in [-0.2, 0) is 0 Å². The molecule has 6 heteroatoms. The van der Waals surface area contributed by atoms with Crippen molar-refractivity contribution in [1.82, 2.24) is 0 Å². The van der Waals surface area contributed by atoms with Crippen LogP contribution in [0.25, 0.3) is 0 Å². The summed E-state index contributed by atoms with van der Waals surface area (Å²) >= 11 is 0. The third-order valence-electron chi connectivity index (χ3n) is 0.431. The van der Waals surface area contributed by atoms with E-state index in [1.165, 1.54) is 0 Å². The molecule has 44 valence electrons. The van der Waals surface area contributed by atoms with E-state index < -0.39 is 11.6 Å². The number of nitrogens with two attached hydrogens (primary N) is 2. The summed E-state index contributed by atoms with van der Waals surface area (Å²) in [4.78, 5) is 18.8. The molecule has 0 heterocycles. The molecule has 0 radical (unpaired) electrons. The third-order valence-corrected chi connectivity index (χ3v) is 0.431. The lowest BCUT2D eigenvalue weighted by Crippen LogP contribution is -2.09. The van der Waals surface area contributed by atoms with Gasteiger partial charge in [-0.05, 0) is 10.4 Å². The number of nitrogens with zero attached hydrogens (tertiary/aromatic N) is 2. The van der Waals surface area contributed by atoms with Crippen LogP contribution < -0.4 is 11.5 Å². The van der Waals surface area contributed by atoms with Crippen molar-refractivity contribution in [3.8, 4) is 0 Å². The van der Waals surface area contributed by atoms with Crippen LogP contribution in [-0.4, -0.2) is 0 Å². The zero-order valence-corrected chi connectivity index (χ0v) is 3.87. The van der Waals surface area contributed by atoms with E-state index in [0.29, 0.717) is 0 Å². The largest absolute Gasteiger partial charge is 0.382 e. The Morgan fingerprint density at radius 2 is 1.50 bits per heavy atom. The van der Waals surface area contributed by atoms with Gasteiger partial charge in [0.15, 0.2) is 0 Å². The van der Waals surface area contributed by atoms with Crippen molar-refractivity contribution in [1.29, 1.82) is 0 Å². The summed E-state index contributed by atoms with van der Waals surface area (Å²) in [6.07, 6.45) is 0. The summed E-state index contributed by atoms with van der Waals surface area (Å²) in [6.45, 7) is 0. The second kappa shape index (κ2) is 2.67. The SMILES string of the molecule is NC(N)=C(N=O)N=O. The van der Waals surface area contributed by atoms with Crippen LogP contribution in [0.2, 0.25) is 0 Å². The highest BCUT2D eigenvalue weighted by Gasteiger charge is 1.96. The molecule has 0 amide bonds. The molecule has 0 bridgehead atoms. The van der Waals surface area contributed by atoms with Crippen molar-refractivity contribution in [2.24, 2.45) is 21.8 Å². The number of rotatable bonds is 2. The Morgan fingerprint density at radius 1 is 1.12 bits per heavy atom. The standard InChI is InChI=1S/C2H4N4O2/c3-1(4)2(5-7)6-8/h3-4H2. The first-order valence-corrected chi connectivity index (χ1v) is 1.64. The lowest BCUT2D eigenvalue weighted by molar-refractivity contribution is 1.08. The molecule has 0 aromatic rings. The van der Waals surface area contributed by atoms with Gasteiger partial charge in [0.05, 0.1) is 0 Å². The first-order chi connectivity index (χ1) is 3.72. The maximum atomic E-state index is 9.42. The van der Waals surface area contributed by atoms with Gasteiger partial charge < -0.3 is 11.5 Å². The number of hydrogen-bond donors (Lipinski definition) is 2. The van der Waals surface area contributed by atoms with E-state index in [4.69, 9.17) is 11.5 Å². The maximum Gasteiger partial charge on any atom is 0.278 e. The van der Waals surface area contributed by atoms with Crippen molar-refractivity contribution in [3.05, 3.63) is 21.5 Å². The zero-order valence-electron chi connectivity index (χ0n) is 3.87. The normalized spacial score (nSPS) is 7.50. The summed E-state index contributed by atoms with van der Waals surface area (Å²) in [5, 5.41) is 4.21. The monoisotopic (exact) mass is 116 g/mol. The molecule has 0 unspecified atom stereocenters. The van der Waals surface area contributed by atoms with Crippen LogP contribution in [0.3, 0.4) is 0 Å². The Labute approximate surface area is 44.5 Å². The van der Waals surface area contributed by atoms with E-state index in [2.05, 4.69) is 10.4 Å². The maximum absolute atomic E-state index is 9.42. The Hall–Kier alpha value is -1.46. The minimum atomic E-state index is -0.704. The van der Waals surface area contributed by atoms with Gasteiger partial charge in [-0.2, -0.15) is 0 Å². The van der Waals surface area contributed by atoms with Crippen molar-refractivity contribution in [3.63, 3.8) is 0 Å². The van der Waals surface area contributed by atoms with Crippen molar-refractivity contribution in [2.45, 2.75) is 0 Å². The van der Waals surface area contributed by atoms with Gasteiger partial charge in [0.2, 0.25) is 0 Å². The second-order valence-electron chi connectivity index (χ2n) is 0.962. The van der Waals surface area contributed by atoms with Gasteiger partial charge in [-0.25, -0.2) is 0 Å². The molecule has 0 atom stereocenters. The third kappa shape index (κ3) is 1.33. The first-order valence-electron chi connectivity index (χ1n) is 1.64. The predicted molar refractivity (Wildman–Crippen MR) is 27.0 cm³/mol. The average molecular weight is 116 g/mol. The minimum Gasteiger partial charge on any atom is -0.382 e. The summed E-state index contributed by atoms with van der Waals surface area (Å²) in [7, 11) is 0. The molecule has 8 heavy (non-hydrogen) atoms. The fraction of sp³-hybridized carbons (Fsp3) is 0. The van der Waals surface area contributed by atoms with Crippen LogP contribution in [0.5, 0.6) is 0 Å². The molecule has 0 saturated carbocycles. The molecule has 6 nitrogen and oxygen atoms in total. The molecule has 0 rings (SSSR count). The predicted octanol–water partition coefficient (Wildman–Crippen LogP) is -0.437. The van der Waals surface area contributed by atoms with Gasteiger partial charge in [0.1, 0.15) is 5.82 Å². The number of hydrogen-bond acceptors (Lipinski definition) is 6. The molecule has 4 N–H and O–H groups in total. The molecular formula is C2H4N4O2. The van der Waals surface area contributed by atoms with Gasteiger partial charge in [-0.3, -0.25) is 0 Å². The number of nitroso groups, excluding NO2 is 2. The molecule has 0 spiro atoms. The van der Waals surface area contributed by atoms with Crippen molar-refractivity contribution >= 4 is 0 Å². The zero-order chi connectivity index (χ0) is 6.57. The van der Waals surface area contributed by atoms with Gasteiger partial charge in [0, 0.05) is 0 Å². The fourth-order valence-electron chi connectivity index (χ4n) is 0.122. The Balaban J connectivity index is 4.30. The fourth-order valence-corrected chi connectivity index (χ4v) is 0.122. The van der Waals surface area contributed by atoms with Gasteiger partial charge in [-0.1, -0.05) is 0 Å². The molecule has 0 aromatic heterocycles. The highest BCUT2D eigenvalue weighted by Crippen LogP contribution is 1.94. The molecule has 0 aliphatic heterocycles. The first kappa shape index (κ1) is 6.54. The molecule has 0 fully saturated rings. The van der Waals surface area contributed by atoms with E-state index in [1.807, 2.05) is 0 Å². The van der Waals surface area contributed by atoms with Crippen LogP contribution in [0.1, 0.15) is 0 Å². The Morgan fingerprint density at radius 3 is 1.50 bits per heavy atom. The van der Waals surface area contributed by atoms with E-state index >= 15 is 0 Å². The average Bonchev–Trinajstić information content (AvgIpc) is 1.69. The van der Waals surface area contributed by atoms with Gasteiger partial charge in [0.25, 0.3) is 5.82 Å². The molecule has 0 saturated heterocycles. The van der Waals surface area contributed by atoms with Gasteiger partial charge in [-0.15, -0.1) is 9.81 Å². The summed E-state index contributed by atoms with van der Waals surface area (Å²) < 4.78 is 0. The van der Waals surface area contributed by atoms with E-state index in [-0.39, 0.29) is 0 Å². The molecule has 0 aliphatic rings. The highest BCUT2D eigenvalue weighted by molar-refractivity contribution is 5.03. The van der Waals surface area contributed by atoms with Gasteiger partial charge >= 0.3 is 0 Å². The van der Waals surface area contributed by atoms with E-state index in [9.17, 15) is 9.81 Å². The lowest BCUT2D eigenvalue weighted by atomic mass is 10.7. The summed E-state index contributed by atoms with van der Waals surface area (Å²) in [5.74, 6) is -1.17. The quantitative estimate of drug-likeness (QED) is 0.476.